The molecule has 118 valence electrons. The van der Waals surface area contributed by atoms with Crippen LogP contribution in [0.4, 0.5) is 16.2 Å². The van der Waals surface area contributed by atoms with Crippen LogP contribution in [0.5, 0.6) is 5.75 Å². The van der Waals surface area contributed by atoms with Crippen LogP contribution in [-0.2, 0) is 4.79 Å². The minimum absolute atomic E-state index is 0.283. The summed E-state index contributed by atoms with van der Waals surface area (Å²) >= 11 is 0.966. The number of benzene rings is 2. The number of hydrogen-bond acceptors (Lipinski definition) is 5. The van der Waals surface area contributed by atoms with Crippen molar-refractivity contribution in [2.24, 2.45) is 0 Å². The lowest BCUT2D eigenvalue weighted by Crippen LogP contribution is -2.34. The lowest BCUT2D eigenvalue weighted by atomic mass is 10.2. The summed E-state index contributed by atoms with van der Waals surface area (Å²) in [6.07, 6.45) is 0. The van der Waals surface area contributed by atoms with E-state index in [1.54, 1.807) is 25.3 Å². The molecule has 1 saturated heterocycles. The van der Waals surface area contributed by atoms with E-state index in [4.69, 9.17) is 4.74 Å². The Bertz CT molecular complexity index is 746. The van der Waals surface area contributed by atoms with Crippen molar-refractivity contribution < 1.29 is 14.3 Å². The largest absolute Gasteiger partial charge is 0.495 e. The summed E-state index contributed by atoms with van der Waals surface area (Å²) in [5.74, 6) is 0.344. The summed E-state index contributed by atoms with van der Waals surface area (Å²) in [4.78, 5) is 26.0. The number of carbonyl (C=O) groups excluding carboxylic acids is 2. The number of nitrogens with zero attached hydrogens (tertiary/aromatic N) is 1. The lowest BCUT2D eigenvalue weighted by Gasteiger charge is -2.16. The number of anilines is 2. The number of para-hydroxylation sites is 2. The molecule has 1 heterocycles. The summed E-state index contributed by atoms with van der Waals surface area (Å²) in [7, 11) is 1.56. The highest BCUT2D eigenvalue weighted by atomic mass is 32.2. The number of carbonyl (C=O) groups is 2. The van der Waals surface area contributed by atoms with Gasteiger partial charge >= 0.3 is 0 Å². The molecule has 1 N–H and O–H groups in total. The summed E-state index contributed by atoms with van der Waals surface area (Å²) in [5, 5.41) is 2.13. The highest BCUT2D eigenvalue weighted by molar-refractivity contribution is 8.16. The first-order chi connectivity index (χ1) is 11.1. The molecular formula is C17H16N2O3S. The van der Waals surface area contributed by atoms with Crippen LogP contribution in [0.1, 0.15) is 5.56 Å². The van der Waals surface area contributed by atoms with Gasteiger partial charge in [0.05, 0.1) is 18.5 Å². The molecule has 0 saturated carbocycles. The van der Waals surface area contributed by atoms with E-state index in [9.17, 15) is 9.59 Å². The maximum absolute atomic E-state index is 12.6. The highest BCUT2D eigenvalue weighted by Crippen LogP contribution is 2.34. The molecular weight excluding hydrogens is 312 g/mol. The van der Waals surface area contributed by atoms with E-state index in [1.807, 2.05) is 37.3 Å². The van der Waals surface area contributed by atoms with Gasteiger partial charge in [0, 0.05) is 0 Å². The Hall–Kier alpha value is -2.47. The first-order valence-electron chi connectivity index (χ1n) is 7.11. The Morgan fingerprint density at radius 2 is 1.78 bits per heavy atom. The van der Waals surface area contributed by atoms with Crippen molar-refractivity contribution in [3.05, 3.63) is 54.1 Å². The van der Waals surface area contributed by atoms with Gasteiger partial charge in [-0.3, -0.25) is 9.59 Å². The first-order valence-corrected chi connectivity index (χ1v) is 7.99. The predicted octanol–water partition coefficient (Wildman–Crippen LogP) is 3.64. The summed E-state index contributed by atoms with van der Waals surface area (Å²) in [6, 6.07) is 14.6. The van der Waals surface area contributed by atoms with E-state index in [0.29, 0.717) is 17.1 Å². The molecule has 2 aromatic carbocycles. The zero-order chi connectivity index (χ0) is 16.4. The molecule has 3 rings (SSSR count). The molecule has 23 heavy (non-hydrogen) atoms. The zero-order valence-electron chi connectivity index (χ0n) is 12.8. The molecule has 0 bridgehead atoms. The van der Waals surface area contributed by atoms with Gasteiger partial charge < -0.3 is 10.1 Å². The molecule has 1 aliphatic heterocycles. The van der Waals surface area contributed by atoms with E-state index in [2.05, 4.69) is 5.32 Å². The minimum Gasteiger partial charge on any atom is -0.495 e. The molecule has 0 aliphatic carbocycles. The third kappa shape index (κ3) is 3.03. The second-order valence-corrected chi connectivity index (χ2v) is 6.17. The van der Waals surface area contributed by atoms with Gasteiger partial charge in [0.15, 0.2) is 5.37 Å². The topological polar surface area (TPSA) is 58.6 Å². The Morgan fingerprint density at radius 3 is 2.48 bits per heavy atom. The average molecular weight is 328 g/mol. The third-order valence-electron chi connectivity index (χ3n) is 3.53. The van der Waals surface area contributed by atoms with Gasteiger partial charge in [0.1, 0.15) is 5.75 Å². The molecule has 0 radical (unpaired) electrons. The van der Waals surface area contributed by atoms with Crippen LogP contribution in [0.2, 0.25) is 0 Å². The van der Waals surface area contributed by atoms with Crippen molar-refractivity contribution in [1.29, 1.82) is 0 Å². The van der Waals surface area contributed by atoms with Crippen molar-refractivity contribution in [2.45, 2.75) is 12.3 Å². The number of nitrogens with one attached hydrogen (secondary N) is 1. The number of rotatable bonds is 4. The Labute approximate surface area is 138 Å². The number of methoxy groups -OCH3 is 1. The monoisotopic (exact) mass is 328 g/mol. The van der Waals surface area contributed by atoms with Gasteiger partial charge in [-0.05, 0) is 43.0 Å². The average Bonchev–Trinajstić information content (AvgIpc) is 2.83. The number of thioether (sulfide) groups is 1. The first kappa shape index (κ1) is 15.4. The number of ether oxygens (including phenoxy) is 1. The molecule has 2 amide bonds. The molecule has 1 aliphatic rings. The van der Waals surface area contributed by atoms with Crippen LogP contribution in [-0.4, -0.2) is 23.6 Å². The lowest BCUT2D eigenvalue weighted by molar-refractivity contribution is -0.116. The summed E-state index contributed by atoms with van der Waals surface area (Å²) in [6.45, 7) is 1.96. The van der Waals surface area contributed by atoms with Crippen molar-refractivity contribution in [3.8, 4) is 5.75 Å². The third-order valence-corrected chi connectivity index (χ3v) is 4.47. The van der Waals surface area contributed by atoms with Crippen molar-refractivity contribution in [3.63, 3.8) is 0 Å². The Kier molecular flexibility index (Phi) is 4.25. The standard InChI is InChI=1S/C17H16N2O3S/c1-11-7-9-12(10-8-11)19-16(20)15(23-17(19)21)18-13-5-3-4-6-14(13)22-2/h3-10,15,18H,1-2H3/t15-/m0/s1. The fraction of sp³-hybridized carbons (Fsp3) is 0.176. The summed E-state index contributed by atoms with van der Waals surface area (Å²) in [5.41, 5.74) is 2.34. The highest BCUT2D eigenvalue weighted by Gasteiger charge is 2.40. The normalized spacial score (nSPS) is 17.5. The molecule has 0 unspecified atom stereocenters. The zero-order valence-corrected chi connectivity index (χ0v) is 13.6. The van der Waals surface area contributed by atoms with Crippen LogP contribution < -0.4 is 15.0 Å². The van der Waals surface area contributed by atoms with E-state index < -0.39 is 5.37 Å². The second kappa shape index (κ2) is 6.34. The molecule has 1 fully saturated rings. The number of hydrogen-bond donors (Lipinski definition) is 1. The number of imide groups is 1. The van der Waals surface area contributed by atoms with Crippen LogP contribution >= 0.6 is 11.8 Å². The Morgan fingerprint density at radius 1 is 1.09 bits per heavy atom. The van der Waals surface area contributed by atoms with Crippen molar-refractivity contribution in [2.75, 3.05) is 17.3 Å². The predicted molar refractivity (Wildman–Crippen MR) is 92.1 cm³/mol. The van der Waals surface area contributed by atoms with Crippen LogP contribution in [0, 0.1) is 6.92 Å². The number of aryl methyl sites for hydroxylation is 1. The molecule has 6 heteroatoms. The van der Waals surface area contributed by atoms with Crippen molar-refractivity contribution in [1.82, 2.24) is 0 Å². The summed E-state index contributed by atoms with van der Waals surface area (Å²) < 4.78 is 5.26. The fourth-order valence-corrected chi connectivity index (χ4v) is 3.23. The van der Waals surface area contributed by atoms with Gasteiger partial charge in [-0.2, -0.15) is 0 Å². The van der Waals surface area contributed by atoms with Gasteiger partial charge in [-0.1, -0.05) is 29.8 Å². The van der Waals surface area contributed by atoms with Gasteiger partial charge in [-0.25, -0.2) is 4.90 Å². The van der Waals surface area contributed by atoms with E-state index in [-0.39, 0.29) is 11.1 Å². The number of amides is 2. The Balaban J connectivity index is 1.82. The van der Waals surface area contributed by atoms with Crippen LogP contribution in [0.3, 0.4) is 0 Å². The SMILES string of the molecule is COc1ccccc1N[C@H]1SC(=O)N(c2ccc(C)cc2)C1=O. The van der Waals surface area contributed by atoms with Gasteiger partial charge in [0.25, 0.3) is 11.1 Å². The smallest absolute Gasteiger partial charge is 0.295 e. The molecule has 5 nitrogen and oxygen atoms in total. The quantitative estimate of drug-likeness (QED) is 0.928. The van der Waals surface area contributed by atoms with E-state index in [1.165, 1.54) is 4.90 Å². The second-order valence-electron chi connectivity index (χ2n) is 5.12. The van der Waals surface area contributed by atoms with Crippen molar-refractivity contribution >= 4 is 34.3 Å². The minimum atomic E-state index is -0.667. The molecule has 0 spiro atoms. The maximum Gasteiger partial charge on any atom is 0.295 e. The van der Waals surface area contributed by atoms with Gasteiger partial charge in [0.2, 0.25) is 0 Å². The molecule has 1 atom stereocenters. The van der Waals surface area contributed by atoms with Crippen LogP contribution in [0.25, 0.3) is 0 Å². The van der Waals surface area contributed by atoms with E-state index >= 15 is 0 Å². The van der Waals surface area contributed by atoms with Crippen LogP contribution in [0.15, 0.2) is 48.5 Å². The molecule has 0 aromatic heterocycles. The maximum atomic E-state index is 12.6. The fourth-order valence-electron chi connectivity index (χ4n) is 2.33. The molecule has 2 aromatic rings. The van der Waals surface area contributed by atoms with Gasteiger partial charge in [-0.15, -0.1) is 0 Å². The van der Waals surface area contributed by atoms with E-state index in [0.717, 1.165) is 17.3 Å².